The molecule has 1 unspecified atom stereocenters. The van der Waals surface area contributed by atoms with E-state index in [0.29, 0.717) is 6.04 Å². The van der Waals surface area contributed by atoms with Gasteiger partial charge in [-0.2, -0.15) is 0 Å². The molecule has 2 aromatic rings. The Morgan fingerprint density at radius 2 is 2.00 bits per heavy atom. The number of benzene rings is 1. The molecule has 0 fully saturated rings. The van der Waals surface area contributed by atoms with Gasteiger partial charge < -0.3 is 10.3 Å². The zero-order chi connectivity index (χ0) is 14.7. The SMILES string of the molecule is CCC(CCNC(C)C)c1cc2[nH]c(C)cc2cc1F. The second kappa shape index (κ2) is 6.40. The fourth-order valence-electron chi connectivity index (χ4n) is 2.75. The van der Waals surface area contributed by atoms with E-state index < -0.39 is 0 Å². The molecule has 0 radical (unpaired) electrons. The lowest BCUT2D eigenvalue weighted by Crippen LogP contribution is -2.25. The van der Waals surface area contributed by atoms with Crippen LogP contribution >= 0.6 is 0 Å². The normalized spacial score (nSPS) is 13.3. The number of halogens is 1. The van der Waals surface area contributed by atoms with Crippen molar-refractivity contribution >= 4 is 10.9 Å². The molecular weight excluding hydrogens is 251 g/mol. The third-order valence-corrected chi connectivity index (χ3v) is 3.85. The summed E-state index contributed by atoms with van der Waals surface area (Å²) >= 11 is 0. The molecule has 0 saturated carbocycles. The minimum Gasteiger partial charge on any atom is -0.359 e. The van der Waals surface area contributed by atoms with E-state index in [4.69, 9.17) is 0 Å². The molecular formula is C17H25FN2. The molecule has 0 aliphatic heterocycles. The molecule has 0 amide bonds. The van der Waals surface area contributed by atoms with Crippen molar-refractivity contribution in [2.45, 2.75) is 52.5 Å². The third-order valence-electron chi connectivity index (χ3n) is 3.85. The number of H-pyrrole nitrogens is 1. The summed E-state index contributed by atoms with van der Waals surface area (Å²) in [4.78, 5) is 3.30. The van der Waals surface area contributed by atoms with Gasteiger partial charge in [0.25, 0.3) is 0 Å². The van der Waals surface area contributed by atoms with Crippen molar-refractivity contribution in [3.63, 3.8) is 0 Å². The van der Waals surface area contributed by atoms with Crippen molar-refractivity contribution in [3.8, 4) is 0 Å². The fraction of sp³-hybridized carbons (Fsp3) is 0.529. The highest BCUT2D eigenvalue weighted by Crippen LogP contribution is 2.29. The molecule has 0 saturated heterocycles. The Kier molecular flexibility index (Phi) is 4.81. The Bertz CT molecular complexity index is 572. The first-order valence-electron chi connectivity index (χ1n) is 7.53. The number of nitrogens with one attached hydrogen (secondary N) is 2. The van der Waals surface area contributed by atoms with Gasteiger partial charge in [-0.1, -0.05) is 20.8 Å². The number of fused-ring (bicyclic) bond motifs is 1. The number of aromatic nitrogens is 1. The van der Waals surface area contributed by atoms with Crippen LogP contribution < -0.4 is 5.32 Å². The Morgan fingerprint density at radius 3 is 2.65 bits per heavy atom. The maximum Gasteiger partial charge on any atom is 0.127 e. The lowest BCUT2D eigenvalue weighted by atomic mass is 9.92. The summed E-state index contributed by atoms with van der Waals surface area (Å²) < 4.78 is 14.3. The van der Waals surface area contributed by atoms with E-state index in [2.05, 4.69) is 31.1 Å². The first kappa shape index (κ1) is 15.0. The van der Waals surface area contributed by atoms with Gasteiger partial charge in [-0.05, 0) is 56.0 Å². The number of aromatic amines is 1. The van der Waals surface area contributed by atoms with Gasteiger partial charge in [-0.15, -0.1) is 0 Å². The van der Waals surface area contributed by atoms with Crippen LogP contribution in [0.2, 0.25) is 0 Å². The van der Waals surface area contributed by atoms with Gasteiger partial charge in [0.15, 0.2) is 0 Å². The maximum absolute atomic E-state index is 14.3. The molecule has 2 rings (SSSR count). The quantitative estimate of drug-likeness (QED) is 0.799. The van der Waals surface area contributed by atoms with Gasteiger partial charge >= 0.3 is 0 Å². The Balaban J connectivity index is 2.21. The van der Waals surface area contributed by atoms with Crippen molar-refractivity contribution < 1.29 is 4.39 Å². The van der Waals surface area contributed by atoms with E-state index in [1.807, 2.05) is 19.1 Å². The summed E-state index contributed by atoms with van der Waals surface area (Å²) in [7, 11) is 0. The predicted octanol–water partition coefficient (Wildman–Crippen LogP) is 4.50. The Labute approximate surface area is 120 Å². The average Bonchev–Trinajstić information content (AvgIpc) is 2.73. The highest BCUT2D eigenvalue weighted by atomic mass is 19.1. The smallest absolute Gasteiger partial charge is 0.127 e. The monoisotopic (exact) mass is 276 g/mol. The van der Waals surface area contributed by atoms with Crippen LogP contribution in [0.15, 0.2) is 18.2 Å². The highest BCUT2D eigenvalue weighted by molar-refractivity contribution is 5.81. The van der Waals surface area contributed by atoms with Crippen LogP contribution in [0.25, 0.3) is 10.9 Å². The molecule has 1 aromatic carbocycles. The van der Waals surface area contributed by atoms with Gasteiger partial charge in [0.05, 0.1) is 0 Å². The number of hydrogen-bond donors (Lipinski definition) is 2. The summed E-state index contributed by atoms with van der Waals surface area (Å²) in [6.07, 6.45) is 1.93. The Hall–Kier alpha value is -1.35. The second-order valence-corrected chi connectivity index (χ2v) is 5.92. The van der Waals surface area contributed by atoms with E-state index in [1.165, 1.54) is 0 Å². The summed E-state index contributed by atoms with van der Waals surface area (Å²) in [5, 5.41) is 4.37. The summed E-state index contributed by atoms with van der Waals surface area (Å²) in [6, 6.07) is 6.11. The van der Waals surface area contributed by atoms with Crippen molar-refractivity contribution in [2.24, 2.45) is 0 Å². The maximum atomic E-state index is 14.3. The molecule has 0 aliphatic rings. The second-order valence-electron chi connectivity index (χ2n) is 5.92. The van der Waals surface area contributed by atoms with Gasteiger partial charge in [-0.25, -0.2) is 4.39 Å². The van der Waals surface area contributed by atoms with E-state index >= 15 is 0 Å². The molecule has 0 aliphatic carbocycles. The van der Waals surface area contributed by atoms with Crippen LogP contribution in [0.1, 0.15) is 50.8 Å². The standard InChI is InChI=1S/C17H25FN2/c1-5-13(6-7-19-11(2)3)15-10-17-14(9-16(15)18)8-12(4)20-17/h8-11,13,19-20H,5-7H2,1-4H3. The summed E-state index contributed by atoms with van der Waals surface area (Å²) in [5.74, 6) is 0.196. The van der Waals surface area contributed by atoms with Crippen LogP contribution in [0.5, 0.6) is 0 Å². The zero-order valence-electron chi connectivity index (χ0n) is 12.9. The molecule has 1 heterocycles. The number of aryl methyl sites for hydroxylation is 1. The minimum absolute atomic E-state index is 0.0760. The molecule has 0 bridgehead atoms. The molecule has 3 heteroatoms. The van der Waals surface area contributed by atoms with Gasteiger partial charge in [0, 0.05) is 22.6 Å². The minimum atomic E-state index is -0.0760. The fourth-order valence-corrected chi connectivity index (χ4v) is 2.75. The van der Waals surface area contributed by atoms with E-state index in [-0.39, 0.29) is 11.7 Å². The predicted molar refractivity (Wildman–Crippen MR) is 83.8 cm³/mol. The number of rotatable bonds is 6. The van der Waals surface area contributed by atoms with Crippen molar-refractivity contribution in [1.82, 2.24) is 10.3 Å². The largest absolute Gasteiger partial charge is 0.359 e. The van der Waals surface area contributed by atoms with Gasteiger partial charge in [-0.3, -0.25) is 0 Å². The first-order valence-corrected chi connectivity index (χ1v) is 7.53. The van der Waals surface area contributed by atoms with Crippen LogP contribution in [-0.2, 0) is 0 Å². The van der Waals surface area contributed by atoms with Crippen LogP contribution in [-0.4, -0.2) is 17.6 Å². The van der Waals surface area contributed by atoms with Gasteiger partial charge in [0.1, 0.15) is 5.82 Å². The molecule has 1 atom stereocenters. The summed E-state index contributed by atoms with van der Waals surface area (Å²) in [6.45, 7) is 9.33. The molecule has 20 heavy (non-hydrogen) atoms. The van der Waals surface area contributed by atoms with E-state index in [0.717, 1.165) is 41.5 Å². The lowest BCUT2D eigenvalue weighted by Gasteiger charge is -2.18. The van der Waals surface area contributed by atoms with Crippen molar-refractivity contribution in [1.29, 1.82) is 0 Å². The van der Waals surface area contributed by atoms with Crippen LogP contribution in [0.3, 0.4) is 0 Å². The third kappa shape index (κ3) is 3.40. The average molecular weight is 276 g/mol. The molecule has 0 spiro atoms. The topological polar surface area (TPSA) is 27.8 Å². The molecule has 2 N–H and O–H groups in total. The zero-order valence-corrected chi connectivity index (χ0v) is 12.9. The lowest BCUT2D eigenvalue weighted by molar-refractivity contribution is 0.500. The first-order chi connectivity index (χ1) is 9.51. The van der Waals surface area contributed by atoms with Crippen molar-refractivity contribution in [2.75, 3.05) is 6.54 Å². The van der Waals surface area contributed by atoms with E-state index in [9.17, 15) is 4.39 Å². The molecule has 2 nitrogen and oxygen atoms in total. The molecule has 110 valence electrons. The van der Waals surface area contributed by atoms with Gasteiger partial charge in [0.2, 0.25) is 0 Å². The van der Waals surface area contributed by atoms with Crippen molar-refractivity contribution in [3.05, 3.63) is 35.3 Å². The number of hydrogen-bond acceptors (Lipinski definition) is 1. The van der Waals surface area contributed by atoms with Crippen LogP contribution in [0.4, 0.5) is 4.39 Å². The summed E-state index contributed by atoms with van der Waals surface area (Å²) in [5.41, 5.74) is 2.95. The van der Waals surface area contributed by atoms with E-state index in [1.54, 1.807) is 6.07 Å². The Morgan fingerprint density at radius 1 is 1.25 bits per heavy atom. The van der Waals surface area contributed by atoms with Crippen LogP contribution in [0, 0.1) is 12.7 Å². The highest BCUT2D eigenvalue weighted by Gasteiger charge is 2.15. The molecule has 1 aromatic heterocycles.